The van der Waals surface area contributed by atoms with E-state index >= 15 is 0 Å². The van der Waals surface area contributed by atoms with Gasteiger partial charge in [0.1, 0.15) is 0 Å². The van der Waals surface area contributed by atoms with Crippen molar-refractivity contribution in [1.29, 1.82) is 0 Å². The normalized spacial score (nSPS) is 15.4. The zero-order valence-electron chi connectivity index (χ0n) is 18.1. The number of piperidine rings is 1. The van der Waals surface area contributed by atoms with E-state index < -0.39 is 0 Å². The summed E-state index contributed by atoms with van der Waals surface area (Å²) in [5.74, 6) is 0.407. The molecule has 2 aromatic carbocycles. The van der Waals surface area contributed by atoms with Crippen LogP contribution in [0.3, 0.4) is 0 Å². The fraction of sp³-hybridized carbons (Fsp3) is 0.308. The number of benzene rings is 2. The molecule has 1 aromatic heterocycles. The standard InChI is InChI=1S/C26H27ClN2O2S/c1-28(25(30)22-12-15-32-18-22)24(16-19-6-3-2-4-7-19)20-10-13-29(14-11-20)26(31)21-8-5-9-23(27)17-21/h2-9,12,15,17-18,20,24H,10-11,13-14,16H2,1H3/t24-/m0/s1. The monoisotopic (exact) mass is 466 g/mol. The Hall–Kier alpha value is -2.63. The molecule has 0 N–H and O–H groups in total. The van der Waals surface area contributed by atoms with Crippen LogP contribution < -0.4 is 0 Å². The smallest absolute Gasteiger partial charge is 0.254 e. The molecule has 0 spiro atoms. The maximum Gasteiger partial charge on any atom is 0.254 e. The highest BCUT2D eigenvalue weighted by molar-refractivity contribution is 7.08. The van der Waals surface area contributed by atoms with Crippen LogP contribution in [0.15, 0.2) is 71.4 Å². The number of likely N-dealkylation sites (tertiary alicyclic amines) is 1. The Labute approximate surface area is 198 Å². The summed E-state index contributed by atoms with van der Waals surface area (Å²) in [5, 5.41) is 4.42. The van der Waals surface area contributed by atoms with Crippen molar-refractivity contribution >= 4 is 34.8 Å². The third-order valence-corrected chi connectivity index (χ3v) is 7.23. The van der Waals surface area contributed by atoms with E-state index in [1.54, 1.807) is 12.1 Å². The van der Waals surface area contributed by atoms with E-state index in [1.807, 2.05) is 64.0 Å². The van der Waals surface area contributed by atoms with E-state index in [2.05, 4.69) is 12.1 Å². The second-order valence-corrected chi connectivity index (χ2v) is 9.54. The Morgan fingerprint density at radius 1 is 1.06 bits per heavy atom. The van der Waals surface area contributed by atoms with Crippen molar-refractivity contribution < 1.29 is 9.59 Å². The van der Waals surface area contributed by atoms with Crippen LogP contribution in [0.2, 0.25) is 5.02 Å². The number of rotatable bonds is 6. The molecule has 1 saturated heterocycles. The number of thiophene rings is 1. The summed E-state index contributed by atoms with van der Waals surface area (Å²) in [6, 6.07) is 19.4. The van der Waals surface area contributed by atoms with Crippen LogP contribution in [0.25, 0.3) is 0 Å². The van der Waals surface area contributed by atoms with Crippen LogP contribution in [0.4, 0.5) is 0 Å². The Morgan fingerprint density at radius 2 is 1.81 bits per heavy atom. The highest BCUT2D eigenvalue weighted by atomic mass is 35.5. The minimum Gasteiger partial charge on any atom is -0.339 e. The molecule has 32 heavy (non-hydrogen) atoms. The number of amides is 2. The second-order valence-electron chi connectivity index (χ2n) is 8.33. The van der Waals surface area contributed by atoms with Gasteiger partial charge in [-0.25, -0.2) is 0 Å². The highest BCUT2D eigenvalue weighted by Crippen LogP contribution is 2.28. The van der Waals surface area contributed by atoms with Gasteiger partial charge in [-0.3, -0.25) is 9.59 Å². The topological polar surface area (TPSA) is 40.6 Å². The molecule has 0 saturated carbocycles. The van der Waals surface area contributed by atoms with Crippen molar-refractivity contribution in [3.8, 4) is 0 Å². The Kier molecular flexibility index (Phi) is 7.28. The molecule has 6 heteroatoms. The van der Waals surface area contributed by atoms with Gasteiger partial charge in [-0.2, -0.15) is 11.3 Å². The van der Waals surface area contributed by atoms with Crippen molar-refractivity contribution in [2.75, 3.05) is 20.1 Å². The molecule has 0 unspecified atom stereocenters. The van der Waals surface area contributed by atoms with Gasteiger partial charge in [-0.15, -0.1) is 0 Å². The van der Waals surface area contributed by atoms with Crippen LogP contribution in [-0.4, -0.2) is 47.8 Å². The molecule has 1 atom stereocenters. The minimum absolute atomic E-state index is 0.0215. The van der Waals surface area contributed by atoms with Crippen molar-refractivity contribution in [3.05, 3.63) is 93.1 Å². The molecule has 1 fully saturated rings. The first-order chi connectivity index (χ1) is 15.5. The Bertz CT molecular complexity index is 1050. The van der Waals surface area contributed by atoms with Crippen LogP contribution in [-0.2, 0) is 6.42 Å². The molecule has 0 aliphatic carbocycles. The molecule has 1 aliphatic heterocycles. The summed E-state index contributed by atoms with van der Waals surface area (Å²) in [7, 11) is 1.91. The Balaban J connectivity index is 1.48. The van der Waals surface area contributed by atoms with Crippen LogP contribution in [0.5, 0.6) is 0 Å². The third kappa shape index (κ3) is 5.22. The molecular formula is C26H27ClN2O2S. The van der Waals surface area contributed by atoms with Gasteiger partial charge in [0, 0.05) is 42.1 Å². The number of likely N-dealkylation sites (N-methyl/N-ethyl adjacent to an activating group) is 1. The van der Waals surface area contributed by atoms with E-state index in [0.717, 1.165) is 24.8 Å². The SMILES string of the molecule is CN(C(=O)c1ccsc1)[C@@H](Cc1ccccc1)C1CCN(C(=O)c2cccc(Cl)c2)CC1. The number of hydrogen-bond donors (Lipinski definition) is 0. The lowest BCUT2D eigenvalue weighted by Crippen LogP contribution is -2.48. The number of hydrogen-bond acceptors (Lipinski definition) is 3. The first-order valence-electron chi connectivity index (χ1n) is 10.9. The zero-order valence-corrected chi connectivity index (χ0v) is 19.7. The fourth-order valence-corrected chi connectivity index (χ4v) is 5.33. The molecule has 4 rings (SSSR count). The van der Waals surface area contributed by atoms with E-state index in [4.69, 9.17) is 11.6 Å². The van der Waals surface area contributed by atoms with Crippen molar-refractivity contribution in [2.45, 2.75) is 25.3 Å². The van der Waals surface area contributed by atoms with Gasteiger partial charge in [0.15, 0.2) is 0 Å². The molecule has 0 bridgehead atoms. The molecule has 2 amide bonds. The summed E-state index contributed by atoms with van der Waals surface area (Å²) >= 11 is 7.61. The van der Waals surface area contributed by atoms with E-state index in [0.29, 0.717) is 29.6 Å². The molecule has 166 valence electrons. The predicted molar refractivity (Wildman–Crippen MR) is 130 cm³/mol. The van der Waals surface area contributed by atoms with Crippen LogP contribution >= 0.6 is 22.9 Å². The number of carbonyl (C=O) groups is 2. The number of carbonyl (C=O) groups excluding carboxylic acids is 2. The first-order valence-corrected chi connectivity index (χ1v) is 12.2. The fourth-order valence-electron chi connectivity index (χ4n) is 4.51. The van der Waals surface area contributed by atoms with E-state index in [-0.39, 0.29) is 17.9 Å². The Morgan fingerprint density at radius 3 is 2.47 bits per heavy atom. The summed E-state index contributed by atoms with van der Waals surface area (Å²) in [4.78, 5) is 29.9. The predicted octanol–water partition coefficient (Wildman–Crippen LogP) is 5.64. The highest BCUT2D eigenvalue weighted by Gasteiger charge is 2.33. The quantitative estimate of drug-likeness (QED) is 0.471. The zero-order chi connectivity index (χ0) is 22.5. The van der Waals surface area contributed by atoms with Crippen molar-refractivity contribution in [3.63, 3.8) is 0 Å². The summed E-state index contributed by atoms with van der Waals surface area (Å²) < 4.78 is 0. The molecular weight excluding hydrogens is 440 g/mol. The summed E-state index contributed by atoms with van der Waals surface area (Å²) in [6.45, 7) is 1.36. The number of nitrogens with zero attached hydrogens (tertiary/aromatic N) is 2. The van der Waals surface area contributed by atoms with Crippen molar-refractivity contribution in [2.24, 2.45) is 5.92 Å². The maximum absolute atomic E-state index is 13.1. The molecule has 2 heterocycles. The summed E-state index contributed by atoms with van der Waals surface area (Å²) in [6.07, 6.45) is 2.54. The van der Waals surface area contributed by atoms with Gasteiger partial charge in [-0.1, -0.05) is 48.0 Å². The minimum atomic E-state index is 0.0215. The van der Waals surface area contributed by atoms with Gasteiger partial charge in [0.25, 0.3) is 11.8 Å². The molecule has 3 aromatic rings. The van der Waals surface area contributed by atoms with E-state index in [1.165, 1.54) is 16.9 Å². The largest absolute Gasteiger partial charge is 0.339 e. The van der Waals surface area contributed by atoms with Crippen LogP contribution in [0, 0.1) is 5.92 Å². The second kappa shape index (κ2) is 10.3. The molecule has 4 nitrogen and oxygen atoms in total. The maximum atomic E-state index is 13.1. The third-order valence-electron chi connectivity index (χ3n) is 6.32. The van der Waals surface area contributed by atoms with Gasteiger partial charge in [0.05, 0.1) is 5.56 Å². The lowest BCUT2D eigenvalue weighted by molar-refractivity contribution is 0.0522. The van der Waals surface area contributed by atoms with Gasteiger partial charge >= 0.3 is 0 Å². The number of halogens is 1. The van der Waals surface area contributed by atoms with Crippen molar-refractivity contribution in [1.82, 2.24) is 9.80 Å². The summed E-state index contributed by atoms with van der Waals surface area (Å²) in [5.41, 5.74) is 2.59. The lowest BCUT2D eigenvalue weighted by atomic mass is 9.84. The average molecular weight is 467 g/mol. The molecule has 1 aliphatic rings. The van der Waals surface area contributed by atoms with Gasteiger partial charge in [-0.05, 0) is 60.4 Å². The lowest BCUT2D eigenvalue weighted by Gasteiger charge is -2.40. The van der Waals surface area contributed by atoms with Gasteiger partial charge < -0.3 is 9.80 Å². The first kappa shape index (κ1) is 22.6. The molecule has 0 radical (unpaired) electrons. The van der Waals surface area contributed by atoms with E-state index in [9.17, 15) is 9.59 Å². The van der Waals surface area contributed by atoms with Gasteiger partial charge in [0.2, 0.25) is 0 Å². The average Bonchev–Trinajstić information content (AvgIpc) is 3.37. The van der Waals surface area contributed by atoms with Crippen LogP contribution in [0.1, 0.15) is 39.1 Å².